The Balaban J connectivity index is -0.000000234. The molecule has 0 amide bonds. The van der Waals surface area contributed by atoms with Crippen LogP contribution in [-0.4, -0.2) is 61.1 Å². The lowest BCUT2D eigenvalue weighted by Crippen LogP contribution is -2.53. The molecule has 5 nitrogen and oxygen atoms in total. The third-order valence-electron chi connectivity index (χ3n) is 1.81. The Morgan fingerprint density at radius 1 is 0.840 bits per heavy atom. The summed E-state index contributed by atoms with van der Waals surface area (Å²) in [4.78, 5) is 0. The van der Waals surface area contributed by atoms with Crippen molar-refractivity contribution in [3.8, 4) is 0 Å². The van der Waals surface area contributed by atoms with Crippen molar-refractivity contribution < 1.29 is 12.7 Å². The molecule has 158 valence electrons. The largest absolute Gasteiger partial charge is 0.437 e. The summed E-state index contributed by atoms with van der Waals surface area (Å²) in [6.45, 7) is 26.4. The summed E-state index contributed by atoms with van der Waals surface area (Å²) in [5, 5.41) is 2.75. The van der Waals surface area contributed by atoms with Crippen LogP contribution in [0.1, 0.15) is 20.8 Å². The summed E-state index contributed by atoms with van der Waals surface area (Å²) < 4.78 is 18.4. The second-order valence-electron chi connectivity index (χ2n) is 7.73. The SMILES string of the molecule is CC.CCN.CNC.C[SiH](C)CO[Si](C)(C)O[Si](C)(C)O[Si](C)(C)C. The van der Waals surface area contributed by atoms with E-state index < -0.39 is 34.2 Å². The highest BCUT2D eigenvalue weighted by Crippen LogP contribution is 2.20. The normalized spacial score (nSPS) is 11.5. The molecule has 0 aliphatic carbocycles. The van der Waals surface area contributed by atoms with Gasteiger partial charge >= 0.3 is 17.1 Å². The van der Waals surface area contributed by atoms with Crippen LogP contribution in [0.15, 0.2) is 0 Å². The van der Waals surface area contributed by atoms with Crippen molar-refractivity contribution in [1.82, 2.24) is 5.32 Å². The highest BCUT2D eigenvalue weighted by Gasteiger charge is 2.39. The Morgan fingerprint density at radius 3 is 1.40 bits per heavy atom. The lowest BCUT2D eigenvalue weighted by atomic mass is 10.8. The van der Waals surface area contributed by atoms with E-state index in [0.717, 1.165) is 12.8 Å². The van der Waals surface area contributed by atoms with Crippen LogP contribution in [0.2, 0.25) is 58.9 Å². The molecule has 0 heterocycles. The van der Waals surface area contributed by atoms with Gasteiger partial charge in [-0.25, -0.2) is 0 Å². The first-order valence-electron chi connectivity index (χ1n) is 9.49. The van der Waals surface area contributed by atoms with Gasteiger partial charge in [-0.3, -0.25) is 0 Å². The van der Waals surface area contributed by atoms with Gasteiger partial charge in [0.15, 0.2) is 8.32 Å². The first-order chi connectivity index (χ1) is 11.2. The highest BCUT2D eigenvalue weighted by atomic mass is 28.5. The molecule has 9 heteroatoms. The van der Waals surface area contributed by atoms with Crippen LogP contribution in [0.25, 0.3) is 0 Å². The molecule has 0 fully saturated rings. The molecule has 0 spiro atoms. The smallest absolute Gasteiger partial charge is 0.322 e. The number of hydrogen-bond donors (Lipinski definition) is 2. The molecule has 0 rings (SSSR count). The lowest BCUT2D eigenvalue weighted by Gasteiger charge is -2.37. The molecule has 0 bridgehead atoms. The molecular weight excluding hydrogens is 381 g/mol. The molecule has 0 aliphatic rings. The van der Waals surface area contributed by atoms with Gasteiger partial charge in [0.25, 0.3) is 0 Å². The fourth-order valence-corrected chi connectivity index (χ4v) is 16.1. The van der Waals surface area contributed by atoms with Gasteiger partial charge in [0.2, 0.25) is 0 Å². The monoisotopic (exact) mass is 430 g/mol. The van der Waals surface area contributed by atoms with Crippen LogP contribution in [-0.2, 0) is 12.7 Å². The minimum Gasteiger partial charge on any atom is -0.437 e. The maximum atomic E-state index is 6.24. The molecule has 0 radical (unpaired) electrons. The third kappa shape index (κ3) is 36.4. The van der Waals surface area contributed by atoms with Crippen molar-refractivity contribution in [1.29, 1.82) is 0 Å². The Bertz CT molecular complexity index is 273. The maximum Gasteiger partial charge on any atom is 0.322 e. The van der Waals surface area contributed by atoms with Crippen LogP contribution in [0, 0.1) is 0 Å². The van der Waals surface area contributed by atoms with Crippen molar-refractivity contribution in [2.24, 2.45) is 5.73 Å². The van der Waals surface area contributed by atoms with Gasteiger partial charge in [-0.1, -0.05) is 33.9 Å². The molecule has 0 unspecified atom stereocenters. The topological polar surface area (TPSA) is 65.7 Å². The zero-order valence-corrected chi connectivity index (χ0v) is 23.9. The fraction of sp³-hybridized carbons (Fsp3) is 1.00. The van der Waals surface area contributed by atoms with Gasteiger partial charge in [-0.15, -0.1) is 0 Å². The molecule has 0 aromatic rings. The molecular formula is C16H50N2O3Si4. The van der Waals surface area contributed by atoms with E-state index in [1.54, 1.807) is 0 Å². The van der Waals surface area contributed by atoms with E-state index >= 15 is 0 Å². The summed E-state index contributed by atoms with van der Waals surface area (Å²) in [5.41, 5.74) is 4.85. The van der Waals surface area contributed by atoms with Crippen molar-refractivity contribution >= 4 is 34.2 Å². The average Bonchev–Trinajstić information content (AvgIpc) is 2.36. The quantitative estimate of drug-likeness (QED) is 0.594. The zero-order valence-electron chi connectivity index (χ0n) is 19.8. The minimum absolute atomic E-state index is 0.665. The summed E-state index contributed by atoms with van der Waals surface area (Å²) in [6, 6.07) is 0. The Hall–Kier alpha value is 0.668. The first kappa shape index (κ1) is 33.3. The second kappa shape index (κ2) is 18.1. The van der Waals surface area contributed by atoms with Gasteiger partial charge in [0.1, 0.15) is 0 Å². The van der Waals surface area contributed by atoms with Gasteiger partial charge in [-0.2, -0.15) is 0 Å². The molecule has 3 N–H and O–H groups in total. The fourth-order valence-electron chi connectivity index (χ4n) is 1.75. The molecule has 0 atom stereocenters. The van der Waals surface area contributed by atoms with Gasteiger partial charge in [0.05, 0.1) is 8.80 Å². The van der Waals surface area contributed by atoms with Gasteiger partial charge in [-0.05, 0) is 66.5 Å². The minimum atomic E-state index is -2.03. The summed E-state index contributed by atoms with van der Waals surface area (Å²) in [7, 11) is -2.48. The van der Waals surface area contributed by atoms with E-state index in [9.17, 15) is 0 Å². The molecule has 25 heavy (non-hydrogen) atoms. The molecule has 0 aromatic heterocycles. The number of nitrogens with two attached hydrogens (primary N) is 1. The van der Waals surface area contributed by atoms with Crippen molar-refractivity contribution in [3.63, 3.8) is 0 Å². The van der Waals surface area contributed by atoms with E-state index in [0.29, 0.717) is 0 Å². The van der Waals surface area contributed by atoms with E-state index in [1.807, 2.05) is 34.9 Å². The predicted molar refractivity (Wildman–Crippen MR) is 126 cm³/mol. The van der Waals surface area contributed by atoms with Crippen LogP contribution < -0.4 is 11.1 Å². The van der Waals surface area contributed by atoms with Crippen LogP contribution >= 0.6 is 0 Å². The Kier molecular flexibility index (Phi) is 24.0. The van der Waals surface area contributed by atoms with E-state index in [4.69, 9.17) is 18.4 Å². The number of nitrogens with one attached hydrogen (secondary N) is 1. The van der Waals surface area contributed by atoms with Crippen molar-refractivity contribution in [3.05, 3.63) is 0 Å². The Labute approximate surface area is 164 Å². The summed E-state index contributed by atoms with van der Waals surface area (Å²) in [6.07, 6.45) is 0.913. The molecule has 0 aromatic carbocycles. The average molecular weight is 431 g/mol. The van der Waals surface area contributed by atoms with Crippen LogP contribution in [0.4, 0.5) is 0 Å². The van der Waals surface area contributed by atoms with Crippen molar-refractivity contribution in [2.75, 3.05) is 26.9 Å². The van der Waals surface area contributed by atoms with Crippen molar-refractivity contribution in [2.45, 2.75) is 79.7 Å². The number of rotatable bonds is 7. The molecule has 0 aliphatic heterocycles. The molecule has 0 saturated carbocycles. The van der Waals surface area contributed by atoms with E-state index in [1.165, 1.54) is 0 Å². The summed E-state index contributed by atoms with van der Waals surface area (Å²) in [5.74, 6) is 0. The Morgan fingerprint density at radius 2 is 1.16 bits per heavy atom. The van der Waals surface area contributed by atoms with Crippen LogP contribution in [0.5, 0.6) is 0 Å². The van der Waals surface area contributed by atoms with E-state index in [-0.39, 0.29) is 0 Å². The van der Waals surface area contributed by atoms with Gasteiger partial charge < -0.3 is 23.7 Å². The standard InChI is InChI=1S/C10H30O3Si4.2C2H7N.C2H6/c1-14(2)10-11-16(6,7)13-17(8,9)12-15(3,4)5;1-3-2;1-2-3;1-2/h14H,10H2,1-9H3;3H,1-2H3;2-3H2,1H3;1-2H3. The summed E-state index contributed by atoms with van der Waals surface area (Å²) >= 11 is 0. The highest BCUT2D eigenvalue weighted by molar-refractivity contribution is 6.86. The lowest BCUT2D eigenvalue weighted by molar-refractivity contribution is 0.264. The second-order valence-corrected chi connectivity index (χ2v) is 22.6. The maximum absolute atomic E-state index is 6.24. The van der Waals surface area contributed by atoms with Crippen LogP contribution in [0.3, 0.4) is 0 Å². The predicted octanol–water partition coefficient (Wildman–Crippen LogP) is 4.13. The zero-order chi connectivity index (χ0) is 21.3. The number of hydrogen-bond acceptors (Lipinski definition) is 5. The molecule has 0 saturated heterocycles. The first-order valence-corrected chi connectivity index (χ1v) is 21.7. The van der Waals surface area contributed by atoms with Gasteiger partial charge in [0, 0.05) is 6.23 Å². The third-order valence-corrected chi connectivity index (χ3v) is 12.2. The van der Waals surface area contributed by atoms with E-state index in [2.05, 4.69) is 64.2 Å².